The lowest BCUT2D eigenvalue weighted by Gasteiger charge is -1.95. The number of hydrogen-bond acceptors (Lipinski definition) is 5. The van der Waals surface area contributed by atoms with Gasteiger partial charge in [0.1, 0.15) is 10.8 Å². The predicted molar refractivity (Wildman–Crippen MR) is 57.9 cm³/mol. The number of carbonyl (C=O) groups is 1. The molecule has 0 aliphatic heterocycles. The van der Waals surface area contributed by atoms with Gasteiger partial charge in [-0.05, 0) is 6.92 Å². The standard InChI is InChI=1S/C9H10N4OS/c1-5-4-15-8(12-5)2-7(14)6-3-11-13-9(6)10/h3-4H,2H2,1H3,(H3,10,11,13). The Labute approximate surface area is 90.3 Å². The van der Waals surface area contributed by atoms with Crippen LogP contribution in [0.2, 0.25) is 0 Å². The van der Waals surface area contributed by atoms with Crippen molar-refractivity contribution in [1.82, 2.24) is 15.2 Å². The Bertz CT molecular complexity index is 488. The van der Waals surface area contributed by atoms with Crippen LogP contribution in [0.3, 0.4) is 0 Å². The van der Waals surface area contributed by atoms with Crippen molar-refractivity contribution in [2.75, 3.05) is 5.73 Å². The largest absolute Gasteiger partial charge is 0.383 e. The number of carbonyl (C=O) groups excluding carboxylic acids is 1. The number of H-pyrrole nitrogens is 1. The molecule has 2 aromatic heterocycles. The van der Waals surface area contributed by atoms with Gasteiger partial charge in [0.25, 0.3) is 0 Å². The number of nitrogens with two attached hydrogens (primary N) is 1. The van der Waals surface area contributed by atoms with Crippen LogP contribution in [0.5, 0.6) is 0 Å². The number of nitrogens with zero attached hydrogens (tertiary/aromatic N) is 2. The van der Waals surface area contributed by atoms with Crippen LogP contribution in [0.15, 0.2) is 11.6 Å². The first kappa shape index (κ1) is 9.85. The highest BCUT2D eigenvalue weighted by Crippen LogP contribution is 2.14. The molecule has 2 heterocycles. The van der Waals surface area contributed by atoms with Crippen molar-refractivity contribution in [3.63, 3.8) is 0 Å². The lowest BCUT2D eigenvalue weighted by Crippen LogP contribution is -2.05. The molecule has 0 radical (unpaired) electrons. The summed E-state index contributed by atoms with van der Waals surface area (Å²) >= 11 is 1.48. The Morgan fingerprint density at radius 1 is 1.67 bits per heavy atom. The quantitative estimate of drug-likeness (QED) is 0.764. The van der Waals surface area contributed by atoms with Gasteiger partial charge < -0.3 is 5.73 Å². The van der Waals surface area contributed by atoms with Crippen molar-refractivity contribution in [3.05, 3.63) is 27.8 Å². The van der Waals surface area contributed by atoms with Gasteiger partial charge in [-0.3, -0.25) is 9.89 Å². The third-order valence-electron chi connectivity index (χ3n) is 1.95. The Morgan fingerprint density at radius 3 is 3.00 bits per heavy atom. The molecular weight excluding hydrogens is 212 g/mol. The van der Waals surface area contributed by atoms with E-state index in [1.165, 1.54) is 17.5 Å². The van der Waals surface area contributed by atoms with Crippen LogP contribution >= 0.6 is 11.3 Å². The number of aryl methyl sites for hydroxylation is 1. The normalized spacial score (nSPS) is 10.5. The Kier molecular flexibility index (Phi) is 2.51. The Hall–Kier alpha value is -1.69. The van der Waals surface area contributed by atoms with Gasteiger partial charge in [0.05, 0.1) is 18.2 Å². The number of nitrogens with one attached hydrogen (secondary N) is 1. The number of anilines is 1. The number of nitrogen functional groups attached to an aromatic ring is 1. The second-order valence-corrected chi connectivity index (χ2v) is 4.12. The topological polar surface area (TPSA) is 84.7 Å². The van der Waals surface area contributed by atoms with Crippen LogP contribution < -0.4 is 5.73 Å². The fraction of sp³-hybridized carbons (Fsp3) is 0.222. The zero-order valence-corrected chi connectivity index (χ0v) is 8.97. The summed E-state index contributed by atoms with van der Waals surface area (Å²) in [6, 6.07) is 0. The first-order valence-corrected chi connectivity index (χ1v) is 5.28. The van der Waals surface area contributed by atoms with Crippen molar-refractivity contribution in [1.29, 1.82) is 0 Å². The molecule has 6 heteroatoms. The molecule has 0 aliphatic rings. The van der Waals surface area contributed by atoms with Crippen LogP contribution in [0.4, 0.5) is 5.82 Å². The van der Waals surface area contributed by atoms with E-state index in [0.29, 0.717) is 11.4 Å². The second-order valence-electron chi connectivity index (χ2n) is 3.18. The number of aromatic nitrogens is 3. The van der Waals surface area contributed by atoms with Crippen molar-refractivity contribution >= 4 is 22.9 Å². The SMILES string of the molecule is Cc1csc(CC(=O)c2cn[nH]c2N)n1. The lowest BCUT2D eigenvalue weighted by atomic mass is 10.1. The predicted octanol–water partition coefficient (Wildman–Crippen LogP) is 1.18. The molecule has 0 unspecified atom stereocenters. The lowest BCUT2D eigenvalue weighted by molar-refractivity contribution is 0.0994. The molecule has 15 heavy (non-hydrogen) atoms. The molecule has 5 nitrogen and oxygen atoms in total. The van der Waals surface area contributed by atoms with E-state index in [-0.39, 0.29) is 12.2 Å². The Balaban J connectivity index is 2.14. The molecule has 0 saturated heterocycles. The monoisotopic (exact) mass is 222 g/mol. The summed E-state index contributed by atoms with van der Waals surface area (Å²) < 4.78 is 0. The van der Waals surface area contributed by atoms with E-state index in [0.717, 1.165) is 10.7 Å². The zero-order chi connectivity index (χ0) is 10.8. The third kappa shape index (κ3) is 2.04. The van der Waals surface area contributed by atoms with Gasteiger partial charge in [-0.1, -0.05) is 0 Å². The van der Waals surface area contributed by atoms with E-state index in [1.54, 1.807) is 0 Å². The number of ketones is 1. The van der Waals surface area contributed by atoms with E-state index in [4.69, 9.17) is 5.73 Å². The average molecular weight is 222 g/mol. The zero-order valence-electron chi connectivity index (χ0n) is 8.15. The molecule has 0 amide bonds. The van der Waals surface area contributed by atoms with Crippen LogP contribution in [-0.4, -0.2) is 21.0 Å². The van der Waals surface area contributed by atoms with Gasteiger partial charge in [-0.2, -0.15) is 5.10 Å². The van der Waals surface area contributed by atoms with Crippen molar-refractivity contribution in [2.24, 2.45) is 0 Å². The highest BCUT2D eigenvalue weighted by molar-refractivity contribution is 7.09. The maximum atomic E-state index is 11.7. The van der Waals surface area contributed by atoms with Gasteiger partial charge in [-0.25, -0.2) is 4.98 Å². The maximum absolute atomic E-state index is 11.7. The van der Waals surface area contributed by atoms with Crippen molar-refractivity contribution < 1.29 is 4.79 Å². The smallest absolute Gasteiger partial charge is 0.174 e. The minimum atomic E-state index is -0.0596. The van der Waals surface area contributed by atoms with E-state index in [9.17, 15) is 4.79 Å². The van der Waals surface area contributed by atoms with Gasteiger partial charge >= 0.3 is 0 Å². The van der Waals surface area contributed by atoms with Crippen LogP contribution in [0.25, 0.3) is 0 Å². The molecule has 0 fully saturated rings. The summed E-state index contributed by atoms with van der Waals surface area (Å²) in [4.78, 5) is 15.9. The average Bonchev–Trinajstić information content (AvgIpc) is 2.75. The minimum absolute atomic E-state index is 0.0596. The highest BCUT2D eigenvalue weighted by atomic mass is 32.1. The first-order chi connectivity index (χ1) is 7.16. The fourth-order valence-electron chi connectivity index (χ4n) is 1.23. The van der Waals surface area contributed by atoms with Gasteiger partial charge in [-0.15, -0.1) is 11.3 Å². The van der Waals surface area contributed by atoms with Gasteiger partial charge in [0.15, 0.2) is 5.78 Å². The number of Topliss-reactive ketones (excluding diaryl/α,β-unsaturated/α-hetero) is 1. The summed E-state index contributed by atoms with van der Waals surface area (Å²) in [5.74, 6) is 0.254. The van der Waals surface area contributed by atoms with E-state index in [1.807, 2.05) is 12.3 Å². The molecule has 78 valence electrons. The summed E-state index contributed by atoms with van der Waals surface area (Å²) in [6.07, 6.45) is 1.72. The van der Waals surface area contributed by atoms with Crippen molar-refractivity contribution in [2.45, 2.75) is 13.3 Å². The molecule has 2 rings (SSSR count). The molecule has 0 spiro atoms. The number of hydrogen-bond donors (Lipinski definition) is 2. The minimum Gasteiger partial charge on any atom is -0.383 e. The van der Waals surface area contributed by atoms with E-state index < -0.39 is 0 Å². The molecule has 0 atom stereocenters. The first-order valence-electron chi connectivity index (χ1n) is 4.40. The van der Waals surface area contributed by atoms with Gasteiger partial charge in [0, 0.05) is 11.1 Å². The number of aromatic amines is 1. The third-order valence-corrected chi connectivity index (χ3v) is 2.91. The van der Waals surface area contributed by atoms with Crippen molar-refractivity contribution in [3.8, 4) is 0 Å². The van der Waals surface area contributed by atoms with Crippen LogP contribution in [-0.2, 0) is 6.42 Å². The fourth-order valence-corrected chi connectivity index (χ4v) is 2.01. The molecule has 0 saturated carbocycles. The second kappa shape index (κ2) is 3.82. The van der Waals surface area contributed by atoms with Crippen LogP contribution in [0.1, 0.15) is 21.1 Å². The molecular formula is C9H10N4OS. The number of rotatable bonds is 3. The summed E-state index contributed by atoms with van der Waals surface area (Å²) in [7, 11) is 0. The molecule has 0 bridgehead atoms. The van der Waals surface area contributed by atoms with E-state index in [2.05, 4.69) is 15.2 Å². The molecule has 2 aromatic rings. The van der Waals surface area contributed by atoms with E-state index >= 15 is 0 Å². The summed E-state index contributed by atoms with van der Waals surface area (Å²) in [5, 5.41) is 8.95. The maximum Gasteiger partial charge on any atom is 0.174 e. The highest BCUT2D eigenvalue weighted by Gasteiger charge is 2.13. The molecule has 3 N–H and O–H groups in total. The summed E-state index contributed by atoms with van der Waals surface area (Å²) in [5.41, 5.74) is 6.91. The summed E-state index contributed by atoms with van der Waals surface area (Å²) in [6.45, 7) is 1.90. The van der Waals surface area contributed by atoms with Crippen LogP contribution in [0, 0.1) is 6.92 Å². The Morgan fingerprint density at radius 2 is 2.47 bits per heavy atom. The molecule has 0 aromatic carbocycles. The molecule has 0 aliphatic carbocycles. The van der Waals surface area contributed by atoms with Gasteiger partial charge in [0.2, 0.25) is 0 Å². The number of thiazole rings is 1.